The summed E-state index contributed by atoms with van der Waals surface area (Å²) in [6, 6.07) is 28.3. The molecule has 4 aromatic rings. The van der Waals surface area contributed by atoms with E-state index in [-0.39, 0.29) is 0 Å². The second-order valence-electron chi connectivity index (χ2n) is 6.40. The van der Waals surface area contributed by atoms with E-state index in [1.54, 1.807) is 11.8 Å². The normalized spacial score (nSPS) is 10.8. The highest BCUT2D eigenvalue weighted by molar-refractivity contribution is 7.99. The fourth-order valence-corrected chi connectivity index (χ4v) is 3.57. The van der Waals surface area contributed by atoms with Crippen molar-refractivity contribution < 1.29 is 9.15 Å². The van der Waals surface area contributed by atoms with Gasteiger partial charge >= 0.3 is 0 Å². The van der Waals surface area contributed by atoms with Crippen LogP contribution in [0.3, 0.4) is 0 Å². The van der Waals surface area contributed by atoms with E-state index in [0.29, 0.717) is 11.8 Å². The number of rotatable bonds is 7. The van der Waals surface area contributed by atoms with Crippen LogP contribution in [0.4, 0.5) is 0 Å². The number of aryl methyl sites for hydroxylation is 1. The third kappa shape index (κ3) is 4.46. The van der Waals surface area contributed by atoms with Gasteiger partial charge < -0.3 is 9.15 Å². The predicted molar refractivity (Wildman–Crippen MR) is 115 cm³/mol. The van der Waals surface area contributed by atoms with Gasteiger partial charge in [0, 0.05) is 16.9 Å². The quantitative estimate of drug-likeness (QED) is 0.268. The van der Waals surface area contributed by atoms with Gasteiger partial charge in [-0.1, -0.05) is 84.6 Å². The Labute approximate surface area is 169 Å². The van der Waals surface area contributed by atoms with E-state index < -0.39 is 0 Å². The molecule has 0 aliphatic carbocycles. The lowest BCUT2D eigenvalue weighted by Gasteiger charge is -2.05. The van der Waals surface area contributed by atoms with Gasteiger partial charge in [-0.3, -0.25) is 0 Å². The van der Waals surface area contributed by atoms with Crippen molar-refractivity contribution in [1.29, 1.82) is 0 Å². The second kappa shape index (κ2) is 8.81. The maximum absolute atomic E-state index is 6.12. The van der Waals surface area contributed by atoms with Crippen LogP contribution in [0.25, 0.3) is 22.6 Å². The SMILES string of the molecule is Cc1cccc(OCCSc2nc(-c3ccccc3)c(-c3ccccc3)o2)c1. The molecule has 140 valence electrons. The summed E-state index contributed by atoms with van der Waals surface area (Å²) >= 11 is 1.57. The third-order valence-electron chi connectivity index (χ3n) is 4.26. The molecule has 0 bridgehead atoms. The van der Waals surface area contributed by atoms with E-state index in [9.17, 15) is 0 Å². The summed E-state index contributed by atoms with van der Waals surface area (Å²) in [4.78, 5) is 4.76. The zero-order valence-corrected chi connectivity index (χ0v) is 16.5. The van der Waals surface area contributed by atoms with Crippen LogP contribution in [0.15, 0.2) is 94.6 Å². The van der Waals surface area contributed by atoms with Crippen LogP contribution >= 0.6 is 11.8 Å². The van der Waals surface area contributed by atoms with Crippen LogP contribution in [0, 0.1) is 6.92 Å². The van der Waals surface area contributed by atoms with Crippen molar-refractivity contribution in [2.24, 2.45) is 0 Å². The fraction of sp³-hybridized carbons (Fsp3) is 0.125. The van der Waals surface area contributed by atoms with Crippen molar-refractivity contribution in [3.8, 4) is 28.3 Å². The topological polar surface area (TPSA) is 35.3 Å². The Morgan fingerprint density at radius 1 is 0.857 bits per heavy atom. The molecule has 0 spiro atoms. The summed E-state index contributed by atoms with van der Waals surface area (Å²) in [5.41, 5.74) is 4.14. The first kappa shape index (κ1) is 18.4. The summed E-state index contributed by atoms with van der Waals surface area (Å²) in [6.45, 7) is 2.66. The molecule has 3 aromatic carbocycles. The van der Waals surface area contributed by atoms with Gasteiger partial charge in [-0.15, -0.1) is 0 Å². The summed E-state index contributed by atoms with van der Waals surface area (Å²) in [6.07, 6.45) is 0. The smallest absolute Gasteiger partial charge is 0.256 e. The lowest BCUT2D eigenvalue weighted by atomic mass is 10.1. The van der Waals surface area contributed by atoms with Gasteiger partial charge in [-0.05, 0) is 24.6 Å². The molecule has 0 N–H and O–H groups in total. The van der Waals surface area contributed by atoms with Crippen LogP contribution in [0.2, 0.25) is 0 Å². The molecule has 0 saturated carbocycles. The van der Waals surface area contributed by atoms with Crippen molar-refractivity contribution in [2.45, 2.75) is 12.1 Å². The van der Waals surface area contributed by atoms with E-state index in [1.807, 2.05) is 66.7 Å². The molecule has 0 radical (unpaired) electrons. The van der Waals surface area contributed by atoms with Crippen LogP contribution < -0.4 is 4.74 Å². The van der Waals surface area contributed by atoms with Gasteiger partial charge in [-0.25, -0.2) is 4.98 Å². The number of hydrogen-bond donors (Lipinski definition) is 0. The summed E-state index contributed by atoms with van der Waals surface area (Å²) < 4.78 is 11.9. The molecular weight excluding hydrogens is 366 g/mol. The minimum absolute atomic E-state index is 0.595. The molecule has 28 heavy (non-hydrogen) atoms. The standard InChI is InChI=1S/C24H21NO2S/c1-18-9-8-14-21(17-18)26-15-16-28-24-25-22(19-10-4-2-5-11-19)23(27-24)20-12-6-3-7-13-20/h2-14,17H,15-16H2,1H3. The Morgan fingerprint density at radius 2 is 1.57 bits per heavy atom. The lowest BCUT2D eigenvalue weighted by Crippen LogP contribution is -2.00. The highest BCUT2D eigenvalue weighted by Crippen LogP contribution is 2.35. The number of ether oxygens (including phenoxy) is 1. The molecule has 0 unspecified atom stereocenters. The van der Waals surface area contributed by atoms with E-state index in [2.05, 4.69) is 25.1 Å². The zero-order chi connectivity index (χ0) is 19.2. The first-order valence-corrected chi connectivity index (χ1v) is 10.2. The molecule has 1 heterocycles. The Hall–Kier alpha value is -2.98. The van der Waals surface area contributed by atoms with Crippen molar-refractivity contribution in [3.63, 3.8) is 0 Å². The monoisotopic (exact) mass is 387 g/mol. The predicted octanol–water partition coefficient (Wildman–Crippen LogP) is 6.49. The molecule has 0 fully saturated rings. The highest BCUT2D eigenvalue weighted by atomic mass is 32.2. The minimum atomic E-state index is 0.595. The third-order valence-corrected chi connectivity index (χ3v) is 5.05. The van der Waals surface area contributed by atoms with Gasteiger partial charge in [0.15, 0.2) is 5.76 Å². The molecule has 3 nitrogen and oxygen atoms in total. The first-order chi connectivity index (χ1) is 13.8. The van der Waals surface area contributed by atoms with Crippen LogP contribution in [-0.4, -0.2) is 17.3 Å². The number of hydrogen-bond acceptors (Lipinski definition) is 4. The average Bonchev–Trinajstić information content (AvgIpc) is 3.17. The Bertz CT molecular complexity index is 972. The van der Waals surface area contributed by atoms with Crippen molar-refractivity contribution in [1.82, 2.24) is 4.98 Å². The van der Waals surface area contributed by atoms with E-state index in [4.69, 9.17) is 14.1 Å². The molecule has 0 aliphatic heterocycles. The summed E-state index contributed by atoms with van der Waals surface area (Å²) in [5, 5.41) is 0.658. The van der Waals surface area contributed by atoms with Gasteiger partial charge in [0.05, 0.1) is 6.61 Å². The maximum atomic E-state index is 6.12. The summed E-state index contributed by atoms with van der Waals surface area (Å²) in [7, 11) is 0. The van der Waals surface area contributed by atoms with Crippen LogP contribution in [0.1, 0.15) is 5.56 Å². The molecule has 4 heteroatoms. The number of thioether (sulfide) groups is 1. The minimum Gasteiger partial charge on any atom is -0.493 e. The molecule has 4 rings (SSSR count). The van der Waals surface area contributed by atoms with Gasteiger partial charge in [0.1, 0.15) is 11.4 Å². The van der Waals surface area contributed by atoms with Crippen molar-refractivity contribution >= 4 is 11.8 Å². The van der Waals surface area contributed by atoms with E-state index in [0.717, 1.165) is 34.1 Å². The molecule has 0 saturated heterocycles. The average molecular weight is 388 g/mol. The van der Waals surface area contributed by atoms with Crippen molar-refractivity contribution in [3.05, 3.63) is 90.5 Å². The Kier molecular flexibility index (Phi) is 5.78. The number of nitrogens with zero attached hydrogens (tertiary/aromatic N) is 1. The second-order valence-corrected chi connectivity index (χ2v) is 7.45. The molecule has 0 atom stereocenters. The largest absolute Gasteiger partial charge is 0.493 e. The molecule has 0 aliphatic rings. The van der Waals surface area contributed by atoms with E-state index in [1.165, 1.54) is 5.56 Å². The molecule has 1 aromatic heterocycles. The summed E-state index contributed by atoms with van der Waals surface area (Å²) in [5.74, 6) is 2.45. The maximum Gasteiger partial charge on any atom is 0.256 e. The van der Waals surface area contributed by atoms with Gasteiger partial charge in [0.25, 0.3) is 5.22 Å². The molecule has 0 amide bonds. The Morgan fingerprint density at radius 3 is 2.29 bits per heavy atom. The fourth-order valence-electron chi connectivity index (χ4n) is 2.93. The van der Waals surface area contributed by atoms with Crippen LogP contribution in [0.5, 0.6) is 5.75 Å². The lowest BCUT2D eigenvalue weighted by molar-refractivity contribution is 0.343. The number of aromatic nitrogens is 1. The number of benzene rings is 3. The highest BCUT2D eigenvalue weighted by Gasteiger charge is 2.17. The zero-order valence-electron chi connectivity index (χ0n) is 15.7. The van der Waals surface area contributed by atoms with Gasteiger partial charge in [0.2, 0.25) is 0 Å². The first-order valence-electron chi connectivity index (χ1n) is 9.23. The van der Waals surface area contributed by atoms with Crippen LogP contribution in [-0.2, 0) is 0 Å². The van der Waals surface area contributed by atoms with Gasteiger partial charge in [-0.2, -0.15) is 0 Å². The number of oxazole rings is 1. The van der Waals surface area contributed by atoms with Crippen molar-refractivity contribution in [2.75, 3.05) is 12.4 Å². The van der Waals surface area contributed by atoms with E-state index >= 15 is 0 Å². The Balaban J connectivity index is 1.49. The molecular formula is C24H21NO2S.